The zero-order valence-corrected chi connectivity index (χ0v) is 16.7. The van der Waals surface area contributed by atoms with Gasteiger partial charge < -0.3 is 10.4 Å². The highest BCUT2D eigenvalue weighted by molar-refractivity contribution is 7.90. The number of nitro groups is 1. The molecule has 4 unspecified atom stereocenters. The van der Waals surface area contributed by atoms with Gasteiger partial charge in [0.05, 0.1) is 21.3 Å². The number of aliphatic hydroxyl groups excluding tert-OH is 1. The average molecular weight is 428 g/mol. The number of fused-ring (bicyclic) bond motifs is 3. The Bertz CT molecular complexity index is 1240. The highest BCUT2D eigenvalue weighted by Gasteiger charge is 2.45. The Morgan fingerprint density at radius 1 is 1.13 bits per heavy atom. The summed E-state index contributed by atoms with van der Waals surface area (Å²) in [6.45, 7) is 0. The van der Waals surface area contributed by atoms with E-state index in [0.29, 0.717) is 11.8 Å². The molecule has 0 radical (unpaired) electrons. The van der Waals surface area contributed by atoms with E-state index in [-0.39, 0.29) is 45.9 Å². The lowest BCUT2D eigenvalue weighted by molar-refractivity contribution is -0.384. The number of benzene rings is 1. The van der Waals surface area contributed by atoms with Crippen molar-refractivity contribution in [2.45, 2.75) is 36.3 Å². The number of rotatable bonds is 5. The number of pyridine rings is 1. The van der Waals surface area contributed by atoms with Crippen LogP contribution in [0, 0.1) is 22.0 Å². The van der Waals surface area contributed by atoms with Crippen molar-refractivity contribution in [3.8, 4) is 0 Å². The number of hydrogen-bond donors (Lipinski definition) is 2. The molecule has 2 heterocycles. The normalized spacial score (nSPS) is 25.6. The van der Waals surface area contributed by atoms with Crippen molar-refractivity contribution < 1.29 is 18.4 Å². The second-order valence-corrected chi connectivity index (χ2v) is 9.80. The number of nitrogens with one attached hydrogen (secondary N) is 1. The summed E-state index contributed by atoms with van der Waals surface area (Å²) in [6.07, 6.45) is 4.47. The summed E-state index contributed by atoms with van der Waals surface area (Å²) in [5.41, 5.74) is 0.217. The summed E-state index contributed by atoms with van der Waals surface area (Å²) in [6, 6.07) is 9.51. The van der Waals surface area contributed by atoms with E-state index in [4.69, 9.17) is 0 Å². The molecule has 0 amide bonds. The average Bonchev–Trinajstić information content (AvgIpc) is 3.42. The lowest BCUT2D eigenvalue weighted by Crippen LogP contribution is -2.31. The molecule has 156 valence electrons. The molecule has 2 aliphatic carbocycles. The van der Waals surface area contributed by atoms with Crippen LogP contribution in [0.2, 0.25) is 0 Å². The molecule has 2 fully saturated rings. The lowest BCUT2D eigenvalue weighted by Gasteiger charge is -2.26. The third-order valence-corrected chi connectivity index (χ3v) is 7.99. The summed E-state index contributed by atoms with van der Waals surface area (Å²) < 4.78 is 27.2. The fourth-order valence-corrected chi connectivity index (χ4v) is 6.17. The molecule has 2 bridgehead atoms. The quantitative estimate of drug-likeness (QED) is 0.472. The fourth-order valence-electron chi connectivity index (χ4n) is 4.85. The predicted octanol–water partition coefficient (Wildman–Crippen LogP) is 2.75. The Kier molecular flexibility index (Phi) is 4.30. The maximum Gasteiger partial charge on any atom is 0.311 e. The first-order valence-corrected chi connectivity index (χ1v) is 11.2. The molecular formula is C20H20N4O5S. The third kappa shape index (κ3) is 2.86. The maximum absolute atomic E-state index is 13.1. The first-order chi connectivity index (χ1) is 14.4. The van der Waals surface area contributed by atoms with Crippen molar-refractivity contribution in [3.63, 3.8) is 0 Å². The number of nitrogens with zero attached hydrogens (tertiary/aromatic N) is 3. The SMILES string of the molecule is O=[N+]([O-])c1cnc2c(ccn2S(=O)(=O)c2ccccc2)c1NC1CC2CC1CC2O. The molecule has 10 heteroatoms. The zero-order chi connectivity index (χ0) is 21.0. The number of anilines is 1. The van der Waals surface area contributed by atoms with Gasteiger partial charge in [0.2, 0.25) is 0 Å². The number of aromatic nitrogens is 2. The highest BCUT2D eigenvalue weighted by atomic mass is 32.2. The third-order valence-electron chi connectivity index (χ3n) is 6.31. The minimum absolute atomic E-state index is 0.00298. The monoisotopic (exact) mass is 428 g/mol. The van der Waals surface area contributed by atoms with Gasteiger partial charge in [0, 0.05) is 12.2 Å². The lowest BCUT2D eigenvalue weighted by atomic mass is 9.93. The van der Waals surface area contributed by atoms with E-state index >= 15 is 0 Å². The molecule has 0 saturated heterocycles. The van der Waals surface area contributed by atoms with Gasteiger partial charge in [-0.3, -0.25) is 10.1 Å². The molecule has 3 aromatic rings. The van der Waals surface area contributed by atoms with Gasteiger partial charge in [-0.15, -0.1) is 0 Å². The van der Waals surface area contributed by atoms with Crippen molar-refractivity contribution in [3.05, 3.63) is 58.9 Å². The topological polar surface area (TPSA) is 127 Å². The predicted molar refractivity (Wildman–Crippen MR) is 110 cm³/mol. The van der Waals surface area contributed by atoms with Gasteiger partial charge in [-0.05, 0) is 49.3 Å². The van der Waals surface area contributed by atoms with Gasteiger partial charge in [0.15, 0.2) is 5.65 Å². The van der Waals surface area contributed by atoms with Gasteiger partial charge in [0.25, 0.3) is 10.0 Å². The number of hydrogen-bond acceptors (Lipinski definition) is 7. The van der Waals surface area contributed by atoms with Crippen LogP contribution in [0.4, 0.5) is 11.4 Å². The maximum atomic E-state index is 13.1. The number of aliphatic hydroxyl groups is 1. The van der Waals surface area contributed by atoms with Crippen LogP contribution < -0.4 is 5.32 Å². The van der Waals surface area contributed by atoms with E-state index in [9.17, 15) is 23.6 Å². The van der Waals surface area contributed by atoms with E-state index < -0.39 is 14.9 Å². The molecule has 5 rings (SSSR count). The minimum atomic E-state index is -3.89. The van der Waals surface area contributed by atoms with Crippen molar-refractivity contribution in [1.82, 2.24) is 8.96 Å². The van der Waals surface area contributed by atoms with Crippen molar-refractivity contribution in [2.75, 3.05) is 5.32 Å². The highest BCUT2D eigenvalue weighted by Crippen LogP contribution is 2.47. The van der Waals surface area contributed by atoms with E-state index in [1.165, 1.54) is 18.3 Å². The van der Waals surface area contributed by atoms with Gasteiger partial charge in [0.1, 0.15) is 11.9 Å². The van der Waals surface area contributed by atoms with Gasteiger partial charge >= 0.3 is 5.69 Å². The summed E-state index contributed by atoms with van der Waals surface area (Å²) in [5, 5.41) is 25.3. The first kappa shape index (κ1) is 19.0. The molecule has 1 aromatic carbocycles. The van der Waals surface area contributed by atoms with Gasteiger partial charge in [-0.1, -0.05) is 18.2 Å². The minimum Gasteiger partial charge on any atom is -0.393 e. The molecule has 0 spiro atoms. The van der Waals surface area contributed by atoms with Crippen LogP contribution in [-0.2, 0) is 10.0 Å². The van der Waals surface area contributed by atoms with Crippen LogP contribution in [-0.4, -0.2) is 39.5 Å². The molecule has 2 N–H and O–H groups in total. The summed E-state index contributed by atoms with van der Waals surface area (Å²) in [5.74, 6) is 0.440. The van der Waals surface area contributed by atoms with Crippen LogP contribution in [0.25, 0.3) is 11.0 Å². The Labute approximate surface area is 172 Å². The smallest absolute Gasteiger partial charge is 0.311 e. The largest absolute Gasteiger partial charge is 0.393 e. The second kappa shape index (κ2) is 6.78. The molecule has 0 aliphatic heterocycles. The van der Waals surface area contributed by atoms with Crippen molar-refractivity contribution in [1.29, 1.82) is 0 Å². The molecule has 9 nitrogen and oxygen atoms in total. The summed E-state index contributed by atoms with van der Waals surface area (Å²) >= 11 is 0. The van der Waals surface area contributed by atoms with Crippen molar-refractivity contribution >= 4 is 32.4 Å². The van der Waals surface area contributed by atoms with E-state index in [2.05, 4.69) is 10.3 Å². The summed E-state index contributed by atoms with van der Waals surface area (Å²) in [4.78, 5) is 15.3. The Hall–Kier alpha value is -2.98. The van der Waals surface area contributed by atoms with Crippen LogP contribution in [0.5, 0.6) is 0 Å². The molecule has 30 heavy (non-hydrogen) atoms. The van der Waals surface area contributed by atoms with Crippen LogP contribution >= 0.6 is 0 Å². The molecule has 4 atom stereocenters. The fraction of sp³-hybridized carbons (Fsp3) is 0.350. The Balaban J connectivity index is 1.60. The zero-order valence-electron chi connectivity index (χ0n) is 15.9. The van der Waals surface area contributed by atoms with Gasteiger partial charge in [-0.2, -0.15) is 0 Å². The van der Waals surface area contributed by atoms with E-state index in [1.54, 1.807) is 24.3 Å². The molecule has 2 saturated carbocycles. The summed E-state index contributed by atoms with van der Waals surface area (Å²) in [7, 11) is -3.89. The van der Waals surface area contributed by atoms with Crippen molar-refractivity contribution in [2.24, 2.45) is 11.8 Å². The molecule has 2 aromatic heterocycles. The Morgan fingerprint density at radius 2 is 1.90 bits per heavy atom. The van der Waals surface area contributed by atoms with Gasteiger partial charge in [-0.25, -0.2) is 17.4 Å². The first-order valence-electron chi connectivity index (χ1n) is 9.76. The molecular weight excluding hydrogens is 408 g/mol. The second-order valence-electron chi connectivity index (χ2n) is 7.99. The standard InChI is InChI=1S/C20H20N4O5S/c25-18-10-12-8-13(18)9-16(12)22-19-15-6-7-23(20(15)21-11-17(19)24(26)27)30(28,29)14-4-2-1-3-5-14/h1-7,11-13,16,18,25H,8-10H2,(H,21,22). The molecule has 2 aliphatic rings. The Morgan fingerprint density at radius 3 is 2.53 bits per heavy atom. The van der Waals surface area contributed by atoms with Crippen LogP contribution in [0.3, 0.4) is 0 Å². The van der Waals surface area contributed by atoms with Crippen LogP contribution in [0.15, 0.2) is 53.7 Å². The van der Waals surface area contributed by atoms with E-state index in [0.717, 1.165) is 23.0 Å². The van der Waals surface area contributed by atoms with Crippen LogP contribution in [0.1, 0.15) is 19.3 Å². The van der Waals surface area contributed by atoms with E-state index in [1.807, 2.05) is 0 Å².